The minimum absolute atomic E-state index is 0.0567. The van der Waals surface area contributed by atoms with E-state index in [0.29, 0.717) is 21.8 Å². The number of hydrogen-bond acceptors (Lipinski definition) is 6. The highest BCUT2D eigenvalue weighted by Gasteiger charge is 2.22. The molecule has 0 aliphatic rings. The maximum Gasteiger partial charge on any atom is 0.339 e. The lowest BCUT2D eigenvalue weighted by atomic mass is 10.0. The largest absolute Gasteiger partial charge is 0.493 e. The van der Waals surface area contributed by atoms with E-state index in [-0.39, 0.29) is 28.4 Å². The molecule has 0 saturated heterocycles. The van der Waals surface area contributed by atoms with Crippen molar-refractivity contribution in [1.82, 2.24) is 0 Å². The number of benzene rings is 3. The van der Waals surface area contributed by atoms with Crippen LogP contribution in [-0.2, 0) is 21.3 Å². The first-order valence-electron chi connectivity index (χ1n) is 10.4. The van der Waals surface area contributed by atoms with E-state index in [1.165, 1.54) is 73.9 Å². The molecule has 10 heteroatoms. The third-order valence-corrected chi connectivity index (χ3v) is 6.30. The van der Waals surface area contributed by atoms with Crippen LogP contribution in [0.15, 0.2) is 83.8 Å². The normalized spacial score (nSPS) is 11.3. The fourth-order valence-corrected chi connectivity index (χ4v) is 4.23. The van der Waals surface area contributed by atoms with E-state index in [1.54, 1.807) is 6.07 Å². The molecule has 0 saturated carbocycles. The number of nitrogens with one attached hydrogen (secondary N) is 1. The van der Waals surface area contributed by atoms with E-state index < -0.39 is 21.8 Å². The Balaban J connectivity index is 1.98. The average Bonchev–Trinajstić information content (AvgIpc) is 2.85. The maximum absolute atomic E-state index is 13.1. The van der Waals surface area contributed by atoms with Crippen LogP contribution in [0.25, 0.3) is 6.08 Å². The van der Waals surface area contributed by atoms with E-state index in [2.05, 4.69) is 11.9 Å². The van der Waals surface area contributed by atoms with Crippen LogP contribution in [0, 0.1) is 17.1 Å². The number of carbonyl (C=O) groups is 1. The zero-order valence-electron chi connectivity index (χ0n) is 19.0. The van der Waals surface area contributed by atoms with Gasteiger partial charge in [-0.05, 0) is 78.7 Å². The molecule has 3 aromatic carbocycles. The Morgan fingerprint density at radius 3 is 2.42 bits per heavy atom. The Labute approximate surface area is 213 Å². The molecule has 0 atom stereocenters. The van der Waals surface area contributed by atoms with Crippen LogP contribution >= 0.6 is 11.6 Å². The van der Waals surface area contributed by atoms with Crippen LogP contribution < -0.4 is 14.2 Å². The number of methoxy groups -OCH3 is 1. The first kappa shape index (κ1) is 26.5. The lowest BCUT2D eigenvalue weighted by Gasteiger charge is -2.16. The van der Waals surface area contributed by atoms with Crippen molar-refractivity contribution in [2.75, 3.05) is 12.4 Å². The average molecular weight is 527 g/mol. The van der Waals surface area contributed by atoms with E-state index in [0.717, 1.165) is 0 Å². The van der Waals surface area contributed by atoms with Gasteiger partial charge < -0.3 is 14.2 Å². The molecule has 1 N–H and O–H groups in total. The van der Waals surface area contributed by atoms with Gasteiger partial charge >= 0.3 is 10.1 Å². The molecule has 0 spiro atoms. The summed E-state index contributed by atoms with van der Waals surface area (Å²) < 4.78 is 49.6. The fraction of sp³-hybridized carbons (Fsp3) is 0.0769. The summed E-state index contributed by atoms with van der Waals surface area (Å²) in [5, 5.41) is 12.4. The third kappa shape index (κ3) is 6.50. The molecular formula is C26H20ClFN2O5S. The van der Waals surface area contributed by atoms with Gasteiger partial charge in [0.15, 0.2) is 11.5 Å². The van der Waals surface area contributed by atoms with Gasteiger partial charge in [0.25, 0.3) is 5.91 Å². The summed E-state index contributed by atoms with van der Waals surface area (Å²) in [4.78, 5) is 12.5. The van der Waals surface area contributed by atoms with E-state index >= 15 is 0 Å². The summed E-state index contributed by atoms with van der Waals surface area (Å²) in [7, 11) is -2.90. The van der Waals surface area contributed by atoms with Gasteiger partial charge in [-0.25, -0.2) is 4.39 Å². The number of anilines is 1. The van der Waals surface area contributed by atoms with Crippen molar-refractivity contribution in [2.24, 2.45) is 0 Å². The molecule has 3 rings (SSSR count). The second-order valence-electron chi connectivity index (χ2n) is 7.33. The van der Waals surface area contributed by atoms with Crippen LogP contribution in [0.3, 0.4) is 0 Å². The minimum Gasteiger partial charge on any atom is -0.493 e. The second kappa shape index (κ2) is 11.5. The minimum atomic E-state index is -4.23. The van der Waals surface area contributed by atoms with Crippen LogP contribution in [-0.4, -0.2) is 21.4 Å². The number of amides is 1. The number of nitriles is 1. The first-order chi connectivity index (χ1) is 17.2. The monoisotopic (exact) mass is 526 g/mol. The lowest BCUT2D eigenvalue weighted by molar-refractivity contribution is -0.112. The molecule has 0 aromatic heterocycles. The summed E-state index contributed by atoms with van der Waals surface area (Å²) in [6.07, 6.45) is 3.05. The maximum atomic E-state index is 13.1. The smallest absolute Gasteiger partial charge is 0.339 e. The Morgan fingerprint density at radius 1 is 1.17 bits per heavy atom. The molecule has 7 nitrogen and oxygen atoms in total. The topological polar surface area (TPSA) is 105 Å². The van der Waals surface area contributed by atoms with Crippen molar-refractivity contribution in [2.45, 2.75) is 11.3 Å². The van der Waals surface area contributed by atoms with E-state index in [9.17, 15) is 22.9 Å². The molecule has 0 unspecified atom stereocenters. The summed E-state index contributed by atoms with van der Waals surface area (Å²) in [5.74, 6) is -1.17. The van der Waals surface area contributed by atoms with Gasteiger partial charge in [-0.2, -0.15) is 13.7 Å². The van der Waals surface area contributed by atoms with Gasteiger partial charge in [-0.15, -0.1) is 6.58 Å². The quantitative estimate of drug-likeness (QED) is 0.170. The Bertz CT molecular complexity index is 1460. The molecule has 0 fully saturated rings. The van der Waals surface area contributed by atoms with E-state index in [1.807, 2.05) is 6.07 Å². The zero-order chi connectivity index (χ0) is 26.3. The molecule has 184 valence electrons. The van der Waals surface area contributed by atoms with E-state index in [4.69, 9.17) is 20.5 Å². The number of hydrogen-bond donors (Lipinski definition) is 1. The number of rotatable bonds is 9. The molecule has 0 aliphatic carbocycles. The number of carbonyl (C=O) groups excluding carboxylic acids is 1. The van der Waals surface area contributed by atoms with Gasteiger partial charge in [-0.3, -0.25) is 4.79 Å². The summed E-state index contributed by atoms with van der Waals surface area (Å²) in [5.41, 5.74) is 0.840. The van der Waals surface area contributed by atoms with Crippen LogP contribution in [0.5, 0.6) is 11.5 Å². The molecule has 0 heterocycles. The molecule has 1 amide bonds. The molecule has 0 radical (unpaired) electrons. The van der Waals surface area contributed by atoms with Crippen LogP contribution in [0.4, 0.5) is 10.1 Å². The van der Waals surface area contributed by atoms with Crippen molar-refractivity contribution < 1.29 is 26.5 Å². The van der Waals surface area contributed by atoms with Crippen molar-refractivity contribution in [3.63, 3.8) is 0 Å². The number of nitrogens with zero attached hydrogens (tertiary/aromatic N) is 1. The number of allylic oxidation sites excluding steroid dienone is 1. The molecule has 3 aromatic rings. The fourth-order valence-electron chi connectivity index (χ4n) is 3.13. The SMILES string of the molecule is C=CCc1cc(/C=C(\C#N)C(=O)Nc2ccc(F)cc2)cc(OC)c1OS(=O)(=O)c1ccc(Cl)cc1. The molecular weight excluding hydrogens is 507 g/mol. The van der Waals surface area contributed by atoms with Crippen LogP contribution in [0.2, 0.25) is 5.02 Å². The van der Waals surface area contributed by atoms with Crippen molar-refractivity contribution in [3.05, 3.63) is 101 Å². The highest BCUT2D eigenvalue weighted by atomic mass is 35.5. The van der Waals surface area contributed by atoms with Gasteiger partial charge in [0.2, 0.25) is 0 Å². The van der Waals surface area contributed by atoms with Gasteiger partial charge in [0.05, 0.1) is 7.11 Å². The Kier molecular flexibility index (Phi) is 8.48. The summed E-state index contributed by atoms with van der Waals surface area (Å²) in [6, 6.07) is 15.4. The highest BCUT2D eigenvalue weighted by molar-refractivity contribution is 7.87. The summed E-state index contributed by atoms with van der Waals surface area (Å²) >= 11 is 5.84. The zero-order valence-corrected chi connectivity index (χ0v) is 20.6. The highest BCUT2D eigenvalue weighted by Crippen LogP contribution is 2.36. The number of halogens is 2. The molecule has 0 bridgehead atoms. The molecule has 0 aliphatic heterocycles. The Morgan fingerprint density at radius 2 is 1.83 bits per heavy atom. The number of ether oxygens (including phenoxy) is 1. The van der Waals surface area contributed by atoms with Crippen molar-refractivity contribution in [1.29, 1.82) is 5.26 Å². The molecule has 36 heavy (non-hydrogen) atoms. The first-order valence-corrected chi connectivity index (χ1v) is 12.2. The predicted molar refractivity (Wildman–Crippen MR) is 135 cm³/mol. The van der Waals surface area contributed by atoms with Crippen LogP contribution in [0.1, 0.15) is 11.1 Å². The van der Waals surface area contributed by atoms with Crippen molar-refractivity contribution >= 4 is 39.4 Å². The Hall–Kier alpha value is -4.13. The second-order valence-corrected chi connectivity index (χ2v) is 9.31. The predicted octanol–water partition coefficient (Wildman–Crippen LogP) is 5.53. The van der Waals surface area contributed by atoms with Gasteiger partial charge in [0, 0.05) is 16.3 Å². The van der Waals surface area contributed by atoms with Gasteiger partial charge in [0.1, 0.15) is 22.4 Å². The van der Waals surface area contributed by atoms with Crippen molar-refractivity contribution in [3.8, 4) is 17.6 Å². The van der Waals surface area contributed by atoms with Gasteiger partial charge in [-0.1, -0.05) is 17.7 Å². The standard InChI is InChI=1S/C26H20ClFN2O5S/c1-3-4-18-13-17(14-19(16-29)26(31)30-22-9-7-21(28)8-10-22)15-24(34-2)25(18)35-36(32,33)23-11-5-20(27)6-12-23/h3,5-15H,1,4H2,2H3,(H,30,31)/b19-14+. The summed E-state index contributed by atoms with van der Waals surface area (Å²) in [6.45, 7) is 3.69. The third-order valence-electron chi connectivity index (χ3n) is 4.81. The lowest BCUT2D eigenvalue weighted by Crippen LogP contribution is -2.13.